The van der Waals surface area contributed by atoms with Crippen molar-refractivity contribution in [1.29, 1.82) is 0 Å². The number of rotatable bonds is 4. The van der Waals surface area contributed by atoms with Gasteiger partial charge in [0.05, 0.1) is 6.16 Å². The molecule has 0 spiro atoms. The minimum Gasteiger partial charge on any atom is -0.323 e. The fraction of sp³-hybridized carbons (Fsp3) is 0.250. The Bertz CT molecular complexity index is 298. The fourth-order valence-electron chi connectivity index (χ4n) is 0.956. The van der Waals surface area contributed by atoms with Crippen molar-refractivity contribution >= 4 is 7.60 Å². The first kappa shape index (κ1) is 10.4. The van der Waals surface area contributed by atoms with Crippen molar-refractivity contribution in [2.75, 3.05) is 6.16 Å². The van der Waals surface area contributed by atoms with Gasteiger partial charge in [0.1, 0.15) is 0 Å². The Kier molecular flexibility index (Phi) is 3.63. The van der Waals surface area contributed by atoms with Crippen molar-refractivity contribution in [3.8, 4) is 0 Å². The quantitative estimate of drug-likeness (QED) is 0.444. The number of hydrogen-bond acceptors (Lipinski definition) is 3. The summed E-state index contributed by atoms with van der Waals surface area (Å²) in [4.78, 5) is 8.87. The maximum atomic E-state index is 10.8. The molecule has 0 aliphatic carbocycles. The predicted molar refractivity (Wildman–Crippen MR) is 48.6 cm³/mol. The average Bonchev–Trinajstić information content (AvgIpc) is 2.17. The summed E-state index contributed by atoms with van der Waals surface area (Å²) in [7, 11) is -3.78. The Balaban J connectivity index is 2.49. The minimum atomic E-state index is -3.78. The number of aryl methyl sites for hydroxylation is 1. The second-order valence-electron chi connectivity index (χ2n) is 2.68. The summed E-state index contributed by atoms with van der Waals surface area (Å²) in [5.74, 6) is 0. The van der Waals surface area contributed by atoms with E-state index in [1.165, 1.54) is 0 Å². The van der Waals surface area contributed by atoms with E-state index in [4.69, 9.17) is 10.2 Å². The fourth-order valence-corrected chi connectivity index (χ4v) is 1.58. The molecule has 0 saturated carbocycles. The average molecular weight is 202 g/mol. The third-order valence-corrected chi connectivity index (χ3v) is 2.70. The lowest BCUT2D eigenvalue weighted by molar-refractivity contribution is -0.145. The van der Waals surface area contributed by atoms with Gasteiger partial charge in [0.15, 0.2) is 0 Å². The van der Waals surface area contributed by atoms with Crippen molar-refractivity contribution in [3.05, 3.63) is 35.9 Å². The molecule has 2 N–H and O–H groups in total. The van der Waals surface area contributed by atoms with Gasteiger partial charge < -0.3 is 4.89 Å². The van der Waals surface area contributed by atoms with E-state index in [1.54, 1.807) is 0 Å². The maximum absolute atomic E-state index is 10.8. The summed E-state index contributed by atoms with van der Waals surface area (Å²) in [5, 5.41) is 8.06. The Morgan fingerprint density at radius 3 is 2.46 bits per heavy atom. The molecule has 0 saturated heterocycles. The van der Waals surface area contributed by atoms with E-state index in [9.17, 15) is 4.57 Å². The molecule has 0 amide bonds. The summed E-state index contributed by atoms with van der Waals surface area (Å²) in [6.45, 7) is 0. The molecule has 13 heavy (non-hydrogen) atoms. The van der Waals surface area contributed by atoms with Gasteiger partial charge in [-0.25, -0.2) is 5.26 Å². The zero-order valence-electron chi connectivity index (χ0n) is 6.96. The lowest BCUT2D eigenvalue weighted by Gasteiger charge is -2.05. The van der Waals surface area contributed by atoms with Gasteiger partial charge in [-0.1, -0.05) is 30.3 Å². The normalized spacial score (nSPS) is 15.2. The van der Waals surface area contributed by atoms with Crippen LogP contribution in [0.15, 0.2) is 30.3 Å². The second-order valence-corrected chi connectivity index (χ2v) is 4.56. The number of hydrogen-bond donors (Lipinski definition) is 2. The van der Waals surface area contributed by atoms with E-state index in [2.05, 4.69) is 4.67 Å². The largest absolute Gasteiger partial charge is 0.355 e. The van der Waals surface area contributed by atoms with Crippen LogP contribution in [0.4, 0.5) is 0 Å². The molecule has 1 rings (SSSR count). The number of benzene rings is 1. The second kappa shape index (κ2) is 4.53. The third kappa shape index (κ3) is 3.70. The van der Waals surface area contributed by atoms with Crippen LogP contribution in [0.5, 0.6) is 0 Å². The summed E-state index contributed by atoms with van der Waals surface area (Å²) in [5.41, 5.74) is 0.939. The molecule has 72 valence electrons. The van der Waals surface area contributed by atoms with Gasteiger partial charge >= 0.3 is 7.60 Å². The molecule has 0 bridgehead atoms. The van der Waals surface area contributed by atoms with E-state index in [0.29, 0.717) is 6.42 Å². The van der Waals surface area contributed by atoms with Crippen molar-refractivity contribution in [1.82, 2.24) is 0 Å². The smallest absolute Gasteiger partial charge is 0.323 e. The van der Waals surface area contributed by atoms with E-state index in [0.717, 1.165) is 5.56 Å². The van der Waals surface area contributed by atoms with Crippen LogP contribution in [0.25, 0.3) is 0 Å². The molecule has 0 heterocycles. The first-order valence-electron chi connectivity index (χ1n) is 3.83. The van der Waals surface area contributed by atoms with Gasteiger partial charge in [-0.15, -0.1) is 0 Å². The molecule has 1 aromatic rings. The van der Waals surface area contributed by atoms with Gasteiger partial charge in [-0.3, -0.25) is 4.57 Å². The first-order chi connectivity index (χ1) is 6.14. The van der Waals surface area contributed by atoms with Crippen LogP contribution in [0.3, 0.4) is 0 Å². The van der Waals surface area contributed by atoms with Crippen molar-refractivity contribution < 1.29 is 19.4 Å². The van der Waals surface area contributed by atoms with Crippen LogP contribution in [0.2, 0.25) is 0 Å². The zero-order valence-corrected chi connectivity index (χ0v) is 7.85. The Morgan fingerprint density at radius 2 is 1.92 bits per heavy atom. The Labute approximate surface area is 76.3 Å². The van der Waals surface area contributed by atoms with Crippen LogP contribution in [-0.2, 0) is 15.7 Å². The van der Waals surface area contributed by atoms with Crippen LogP contribution < -0.4 is 0 Å². The molecular formula is C8H11O4P. The standard InChI is InChI=1S/C8H11O4P/c9-12-13(10,11)7-6-8-4-2-1-3-5-8/h1-5,9H,6-7H2,(H,10,11). The Hall–Kier alpha value is -0.670. The van der Waals surface area contributed by atoms with Gasteiger partial charge in [0.25, 0.3) is 0 Å². The van der Waals surface area contributed by atoms with E-state index >= 15 is 0 Å². The monoisotopic (exact) mass is 202 g/mol. The SMILES string of the molecule is O=P(O)(CCc1ccccc1)OO. The van der Waals surface area contributed by atoms with E-state index in [-0.39, 0.29) is 6.16 Å². The molecular weight excluding hydrogens is 191 g/mol. The van der Waals surface area contributed by atoms with Crippen molar-refractivity contribution in [2.24, 2.45) is 0 Å². The molecule has 1 unspecified atom stereocenters. The van der Waals surface area contributed by atoms with Gasteiger partial charge in [0.2, 0.25) is 0 Å². The molecule has 0 fully saturated rings. The molecule has 1 atom stereocenters. The van der Waals surface area contributed by atoms with Gasteiger partial charge in [-0.2, -0.15) is 4.67 Å². The lowest BCUT2D eigenvalue weighted by atomic mass is 10.2. The highest BCUT2D eigenvalue weighted by atomic mass is 31.2. The predicted octanol–water partition coefficient (Wildman–Crippen LogP) is 1.90. The van der Waals surface area contributed by atoms with Crippen LogP contribution in [-0.4, -0.2) is 16.3 Å². The summed E-state index contributed by atoms with van der Waals surface area (Å²) in [6, 6.07) is 9.24. The maximum Gasteiger partial charge on any atom is 0.355 e. The van der Waals surface area contributed by atoms with E-state index in [1.807, 2.05) is 30.3 Å². The molecule has 0 aliphatic rings. The minimum absolute atomic E-state index is 0.0759. The highest BCUT2D eigenvalue weighted by Gasteiger charge is 2.18. The highest BCUT2D eigenvalue weighted by Crippen LogP contribution is 2.40. The molecule has 0 aromatic heterocycles. The molecule has 0 aliphatic heterocycles. The van der Waals surface area contributed by atoms with Crippen LogP contribution >= 0.6 is 7.60 Å². The topological polar surface area (TPSA) is 66.8 Å². The van der Waals surface area contributed by atoms with Gasteiger partial charge in [0, 0.05) is 0 Å². The third-order valence-electron chi connectivity index (χ3n) is 1.65. The lowest BCUT2D eigenvalue weighted by Crippen LogP contribution is -1.95. The molecule has 4 nitrogen and oxygen atoms in total. The first-order valence-corrected chi connectivity index (χ1v) is 5.59. The molecule has 0 radical (unpaired) electrons. The van der Waals surface area contributed by atoms with Gasteiger partial charge in [-0.05, 0) is 12.0 Å². The molecule has 5 heteroatoms. The Morgan fingerprint density at radius 1 is 1.31 bits per heavy atom. The summed E-state index contributed by atoms with van der Waals surface area (Å²) in [6.07, 6.45) is 0.336. The summed E-state index contributed by atoms with van der Waals surface area (Å²) >= 11 is 0. The van der Waals surface area contributed by atoms with E-state index < -0.39 is 7.60 Å². The van der Waals surface area contributed by atoms with Crippen molar-refractivity contribution in [2.45, 2.75) is 6.42 Å². The zero-order chi connectivity index (χ0) is 9.73. The summed E-state index contributed by atoms with van der Waals surface area (Å²) < 4.78 is 14.3. The molecule has 1 aromatic carbocycles. The van der Waals surface area contributed by atoms with Crippen LogP contribution in [0.1, 0.15) is 5.56 Å². The van der Waals surface area contributed by atoms with Crippen molar-refractivity contribution in [3.63, 3.8) is 0 Å². The highest BCUT2D eigenvalue weighted by molar-refractivity contribution is 7.52. The van der Waals surface area contributed by atoms with Crippen LogP contribution in [0, 0.1) is 0 Å².